The maximum Gasteiger partial charge on any atom is 0.312 e. The van der Waals surface area contributed by atoms with E-state index in [-0.39, 0.29) is 17.3 Å². The van der Waals surface area contributed by atoms with Gasteiger partial charge >= 0.3 is 5.69 Å². The molecule has 0 bridgehead atoms. The van der Waals surface area contributed by atoms with E-state index in [2.05, 4.69) is 5.10 Å². The van der Waals surface area contributed by atoms with Gasteiger partial charge in [0.05, 0.1) is 16.4 Å². The summed E-state index contributed by atoms with van der Waals surface area (Å²) in [6.45, 7) is 5.85. The number of non-ortho nitro benzene ring substituents is 1. The second-order valence-corrected chi connectivity index (χ2v) is 8.19. The fraction of sp³-hybridized carbons (Fsp3) is 0.304. The molecule has 0 saturated carbocycles. The van der Waals surface area contributed by atoms with Crippen molar-refractivity contribution in [1.29, 1.82) is 0 Å². The number of amides is 1. The molecule has 1 aromatic heterocycles. The van der Waals surface area contributed by atoms with Crippen LogP contribution in [0.2, 0.25) is 0 Å². The molecule has 0 aliphatic carbocycles. The molecular weight excluding hydrogens is 440 g/mol. The van der Waals surface area contributed by atoms with Gasteiger partial charge in [-0.25, -0.2) is 0 Å². The van der Waals surface area contributed by atoms with E-state index in [0.29, 0.717) is 49.7 Å². The Kier molecular flexibility index (Phi) is 6.26. The summed E-state index contributed by atoms with van der Waals surface area (Å²) in [4.78, 5) is 38.2. The molecule has 11 heteroatoms. The highest BCUT2D eigenvalue weighted by Crippen LogP contribution is 2.24. The molecule has 1 saturated heterocycles. The maximum atomic E-state index is 13.0. The first-order chi connectivity index (χ1) is 16.2. The van der Waals surface area contributed by atoms with Gasteiger partial charge in [-0.15, -0.1) is 0 Å². The summed E-state index contributed by atoms with van der Waals surface area (Å²) in [5.41, 5.74) is 3.15. The van der Waals surface area contributed by atoms with Gasteiger partial charge in [0.2, 0.25) is 0 Å². The van der Waals surface area contributed by atoms with Gasteiger partial charge < -0.3 is 9.80 Å². The molecule has 176 valence electrons. The average Bonchev–Trinajstić information content (AvgIpc) is 3.12. The predicted molar refractivity (Wildman–Crippen MR) is 125 cm³/mol. The lowest BCUT2D eigenvalue weighted by atomic mass is 10.1. The lowest BCUT2D eigenvalue weighted by Gasteiger charge is -2.36. The van der Waals surface area contributed by atoms with Crippen LogP contribution in [0.1, 0.15) is 27.3 Å². The van der Waals surface area contributed by atoms with Gasteiger partial charge in [-0.3, -0.25) is 29.7 Å². The minimum absolute atomic E-state index is 0.0241. The Bertz CT molecular complexity index is 1250. The molecule has 11 nitrogen and oxygen atoms in total. The number of carbonyl (C=O) groups is 1. The number of rotatable bonds is 6. The van der Waals surface area contributed by atoms with Crippen LogP contribution >= 0.6 is 0 Å². The van der Waals surface area contributed by atoms with Crippen LogP contribution in [0.3, 0.4) is 0 Å². The van der Waals surface area contributed by atoms with Crippen molar-refractivity contribution in [3.8, 4) is 0 Å². The molecule has 2 heterocycles. The molecule has 34 heavy (non-hydrogen) atoms. The molecule has 1 aliphatic rings. The minimum atomic E-state index is -0.422. The highest BCUT2D eigenvalue weighted by Gasteiger charge is 2.24. The van der Waals surface area contributed by atoms with Gasteiger partial charge in [0.15, 0.2) is 0 Å². The standard InChI is InChI=1S/C23H24N6O5/c1-16-22(29(33)34)17(2)27(24-16)15-18-6-8-19(9-7-18)23(30)26-12-10-25(11-13-26)20-4-3-5-21(14-20)28(31)32/h3-9,14H,10-13,15H2,1-2H3. The number of nitrogens with zero attached hydrogens (tertiary/aromatic N) is 6. The van der Waals surface area contributed by atoms with Gasteiger partial charge in [-0.05, 0) is 37.6 Å². The van der Waals surface area contributed by atoms with Crippen molar-refractivity contribution >= 4 is 23.0 Å². The summed E-state index contributed by atoms with van der Waals surface area (Å²) in [5.74, 6) is -0.0769. The normalized spacial score (nSPS) is 13.7. The third-order valence-electron chi connectivity index (χ3n) is 6.03. The number of hydrogen-bond donors (Lipinski definition) is 0. The van der Waals surface area contributed by atoms with Crippen LogP contribution in [0.4, 0.5) is 17.1 Å². The first-order valence-electron chi connectivity index (χ1n) is 10.8. The summed E-state index contributed by atoms with van der Waals surface area (Å²) < 4.78 is 1.59. The second-order valence-electron chi connectivity index (χ2n) is 8.19. The molecule has 1 amide bonds. The zero-order chi connectivity index (χ0) is 24.4. The zero-order valence-corrected chi connectivity index (χ0v) is 18.9. The largest absolute Gasteiger partial charge is 0.368 e. The molecule has 0 atom stereocenters. The van der Waals surface area contributed by atoms with Crippen LogP contribution in [0.15, 0.2) is 48.5 Å². The van der Waals surface area contributed by atoms with E-state index in [9.17, 15) is 25.0 Å². The number of piperazine rings is 1. The Morgan fingerprint density at radius 1 is 0.971 bits per heavy atom. The van der Waals surface area contributed by atoms with Crippen molar-refractivity contribution < 1.29 is 14.6 Å². The van der Waals surface area contributed by atoms with E-state index < -0.39 is 9.85 Å². The van der Waals surface area contributed by atoms with Gasteiger partial charge in [0.1, 0.15) is 11.4 Å². The van der Waals surface area contributed by atoms with Crippen molar-refractivity contribution in [1.82, 2.24) is 14.7 Å². The van der Waals surface area contributed by atoms with Crippen LogP contribution in [0.5, 0.6) is 0 Å². The number of benzene rings is 2. The summed E-state index contributed by atoms with van der Waals surface area (Å²) in [5, 5.41) is 26.5. The first kappa shape index (κ1) is 22.9. The minimum Gasteiger partial charge on any atom is -0.368 e. The third kappa shape index (κ3) is 4.58. The number of aromatic nitrogens is 2. The van der Waals surface area contributed by atoms with E-state index in [1.165, 1.54) is 6.07 Å². The SMILES string of the molecule is Cc1nn(Cc2ccc(C(=O)N3CCN(c4cccc([N+](=O)[O-])c4)CC3)cc2)c(C)c1[N+](=O)[O-]. The Morgan fingerprint density at radius 3 is 2.24 bits per heavy atom. The maximum absolute atomic E-state index is 13.0. The van der Waals surface area contributed by atoms with Crippen LogP contribution < -0.4 is 4.90 Å². The Morgan fingerprint density at radius 2 is 1.65 bits per heavy atom. The van der Waals surface area contributed by atoms with Crippen molar-refractivity contribution in [2.45, 2.75) is 20.4 Å². The monoisotopic (exact) mass is 464 g/mol. The fourth-order valence-electron chi connectivity index (χ4n) is 4.18. The van der Waals surface area contributed by atoms with Crippen molar-refractivity contribution in [3.63, 3.8) is 0 Å². The topological polar surface area (TPSA) is 128 Å². The van der Waals surface area contributed by atoms with Gasteiger partial charge in [0, 0.05) is 49.6 Å². The molecule has 4 rings (SSSR count). The molecule has 2 aromatic carbocycles. The van der Waals surface area contributed by atoms with E-state index in [4.69, 9.17) is 0 Å². The Balaban J connectivity index is 1.38. The molecule has 1 fully saturated rings. The van der Waals surface area contributed by atoms with Crippen LogP contribution in [0.25, 0.3) is 0 Å². The first-order valence-corrected chi connectivity index (χ1v) is 10.8. The fourth-order valence-corrected chi connectivity index (χ4v) is 4.18. The van der Waals surface area contributed by atoms with E-state index in [1.807, 2.05) is 23.1 Å². The molecule has 0 spiro atoms. The Labute approximate surface area is 195 Å². The van der Waals surface area contributed by atoms with Gasteiger partial charge in [-0.2, -0.15) is 5.10 Å². The predicted octanol–water partition coefficient (Wildman–Crippen LogP) is 3.33. The van der Waals surface area contributed by atoms with Gasteiger partial charge in [-0.1, -0.05) is 18.2 Å². The average molecular weight is 464 g/mol. The molecule has 0 N–H and O–H groups in total. The van der Waals surface area contributed by atoms with Crippen molar-refractivity contribution in [2.24, 2.45) is 0 Å². The van der Waals surface area contributed by atoms with Gasteiger partial charge in [0.25, 0.3) is 11.6 Å². The summed E-state index contributed by atoms with van der Waals surface area (Å²) in [6, 6.07) is 13.7. The second kappa shape index (κ2) is 9.30. The van der Waals surface area contributed by atoms with Crippen molar-refractivity contribution in [2.75, 3.05) is 31.1 Å². The molecular formula is C23H24N6O5. The zero-order valence-electron chi connectivity index (χ0n) is 18.9. The third-order valence-corrected chi connectivity index (χ3v) is 6.03. The molecule has 1 aliphatic heterocycles. The number of nitro groups is 2. The molecule has 0 radical (unpaired) electrons. The number of hydrogen-bond acceptors (Lipinski definition) is 7. The molecule has 0 unspecified atom stereocenters. The highest BCUT2D eigenvalue weighted by molar-refractivity contribution is 5.94. The summed E-state index contributed by atoms with van der Waals surface area (Å²) >= 11 is 0. The van der Waals surface area contributed by atoms with Crippen LogP contribution in [-0.2, 0) is 6.54 Å². The quantitative estimate of drug-likeness (QED) is 0.404. The smallest absolute Gasteiger partial charge is 0.312 e. The Hall–Kier alpha value is -4.28. The summed E-state index contributed by atoms with van der Waals surface area (Å²) in [6.07, 6.45) is 0. The number of anilines is 1. The van der Waals surface area contributed by atoms with Crippen LogP contribution in [-0.4, -0.2) is 56.6 Å². The number of carbonyl (C=O) groups excluding carboxylic acids is 1. The lowest BCUT2D eigenvalue weighted by Crippen LogP contribution is -2.48. The van der Waals surface area contributed by atoms with Crippen LogP contribution in [0, 0.1) is 34.1 Å². The van der Waals surface area contributed by atoms with E-state index in [1.54, 1.807) is 47.7 Å². The number of aryl methyl sites for hydroxylation is 1. The van der Waals surface area contributed by atoms with Crippen molar-refractivity contribution in [3.05, 3.63) is 91.3 Å². The molecule has 3 aromatic rings. The highest BCUT2D eigenvalue weighted by atomic mass is 16.6. The number of nitro benzene ring substituents is 1. The lowest BCUT2D eigenvalue weighted by molar-refractivity contribution is -0.386. The summed E-state index contributed by atoms with van der Waals surface area (Å²) in [7, 11) is 0. The van der Waals surface area contributed by atoms with E-state index >= 15 is 0 Å². The van der Waals surface area contributed by atoms with E-state index in [0.717, 1.165) is 11.3 Å².